The van der Waals surface area contributed by atoms with Gasteiger partial charge in [-0.3, -0.25) is 0 Å². The van der Waals surface area contributed by atoms with Crippen LogP contribution in [0.2, 0.25) is 0 Å². The van der Waals surface area contributed by atoms with Gasteiger partial charge in [0, 0.05) is 12.6 Å². The van der Waals surface area contributed by atoms with Crippen molar-refractivity contribution in [1.82, 2.24) is 14.5 Å². The summed E-state index contributed by atoms with van der Waals surface area (Å²) in [6.07, 6.45) is 0. The predicted octanol–water partition coefficient (Wildman–Crippen LogP) is 3.04. The van der Waals surface area contributed by atoms with E-state index in [4.69, 9.17) is 11.6 Å². The summed E-state index contributed by atoms with van der Waals surface area (Å²) < 4.78 is 15.4. The van der Waals surface area contributed by atoms with Crippen molar-refractivity contribution < 1.29 is 4.39 Å². The Hall–Kier alpha value is -1.13. The second kappa shape index (κ2) is 5.24. The van der Waals surface area contributed by atoms with Crippen molar-refractivity contribution in [3.63, 3.8) is 0 Å². The predicted molar refractivity (Wildman–Crippen MR) is 72.5 cm³/mol. The zero-order chi connectivity index (χ0) is 13.3. The molecule has 0 saturated heterocycles. The second-order valence-corrected chi connectivity index (χ2v) is 5.04. The number of fused-ring (bicyclic) bond motifs is 1. The Labute approximate surface area is 111 Å². The molecule has 0 radical (unpaired) electrons. The number of rotatable bonds is 4. The number of hydrogen-bond donors (Lipinski definition) is 0. The number of likely N-dealkylation sites (N-methyl/N-ethyl adjacent to an activating group) is 1. The van der Waals surface area contributed by atoms with E-state index in [0.717, 1.165) is 23.4 Å². The lowest BCUT2D eigenvalue weighted by atomic mass is 10.2. The highest BCUT2D eigenvalue weighted by Crippen LogP contribution is 2.23. The van der Waals surface area contributed by atoms with Gasteiger partial charge in [-0.15, -0.1) is 11.6 Å². The molecule has 0 aliphatic rings. The third-order valence-corrected chi connectivity index (χ3v) is 3.15. The molecule has 1 aromatic heterocycles. The Morgan fingerprint density at radius 1 is 1.44 bits per heavy atom. The summed E-state index contributed by atoms with van der Waals surface area (Å²) in [6.45, 7) is 2.94. The zero-order valence-electron chi connectivity index (χ0n) is 10.8. The number of nitrogens with zero attached hydrogens (tertiary/aromatic N) is 3. The first kappa shape index (κ1) is 13.3. The average molecular weight is 270 g/mol. The highest BCUT2D eigenvalue weighted by molar-refractivity contribution is 6.16. The summed E-state index contributed by atoms with van der Waals surface area (Å²) in [5.74, 6) is 0.863. The van der Waals surface area contributed by atoms with Gasteiger partial charge in [0.2, 0.25) is 0 Å². The number of hydrogen-bond acceptors (Lipinski definition) is 2. The molecule has 1 unspecified atom stereocenters. The number of aromatic nitrogens is 2. The van der Waals surface area contributed by atoms with Gasteiger partial charge >= 0.3 is 0 Å². The largest absolute Gasteiger partial charge is 0.323 e. The molecule has 2 rings (SSSR count). The van der Waals surface area contributed by atoms with Crippen LogP contribution in [0.3, 0.4) is 0 Å². The molecule has 98 valence electrons. The normalized spacial score (nSPS) is 13.4. The van der Waals surface area contributed by atoms with Crippen molar-refractivity contribution in [2.24, 2.45) is 0 Å². The first-order chi connectivity index (χ1) is 8.52. The van der Waals surface area contributed by atoms with E-state index in [9.17, 15) is 4.39 Å². The van der Waals surface area contributed by atoms with E-state index in [-0.39, 0.29) is 11.9 Å². The smallest absolute Gasteiger partial charge is 0.125 e. The van der Waals surface area contributed by atoms with Gasteiger partial charge in [-0.25, -0.2) is 9.37 Å². The molecular weight excluding hydrogens is 253 g/mol. The molecule has 0 bridgehead atoms. The van der Waals surface area contributed by atoms with Crippen LogP contribution in [0.1, 0.15) is 18.8 Å². The van der Waals surface area contributed by atoms with Gasteiger partial charge in [-0.1, -0.05) is 0 Å². The van der Waals surface area contributed by atoms with Crippen molar-refractivity contribution in [3.05, 3.63) is 29.8 Å². The first-order valence-electron chi connectivity index (χ1n) is 5.90. The molecule has 1 heterocycles. The Kier molecular flexibility index (Phi) is 3.88. The molecule has 0 saturated carbocycles. The van der Waals surface area contributed by atoms with Crippen LogP contribution in [0.4, 0.5) is 4.39 Å². The van der Waals surface area contributed by atoms with E-state index in [1.807, 2.05) is 18.7 Å². The van der Waals surface area contributed by atoms with Crippen LogP contribution in [0.15, 0.2) is 18.2 Å². The summed E-state index contributed by atoms with van der Waals surface area (Å²) in [6, 6.07) is 4.83. The molecule has 1 atom stereocenters. The lowest BCUT2D eigenvalue weighted by molar-refractivity contribution is 0.337. The van der Waals surface area contributed by atoms with E-state index in [1.54, 1.807) is 6.07 Å². The van der Waals surface area contributed by atoms with Gasteiger partial charge in [0.15, 0.2) is 0 Å². The summed E-state index contributed by atoms with van der Waals surface area (Å²) in [5.41, 5.74) is 1.60. The molecule has 0 amide bonds. The monoisotopic (exact) mass is 269 g/mol. The highest BCUT2D eigenvalue weighted by Gasteiger charge is 2.16. The van der Waals surface area contributed by atoms with Crippen LogP contribution >= 0.6 is 11.6 Å². The first-order valence-corrected chi connectivity index (χ1v) is 6.43. The van der Waals surface area contributed by atoms with Crippen molar-refractivity contribution in [2.75, 3.05) is 20.6 Å². The maximum Gasteiger partial charge on any atom is 0.125 e. The van der Waals surface area contributed by atoms with Crippen molar-refractivity contribution >= 4 is 22.6 Å². The third-order valence-electron chi connectivity index (χ3n) is 2.91. The van der Waals surface area contributed by atoms with Gasteiger partial charge in [0.05, 0.1) is 16.9 Å². The third kappa shape index (κ3) is 2.49. The topological polar surface area (TPSA) is 21.1 Å². The lowest BCUT2D eigenvalue weighted by Gasteiger charge is -2.20. The van der Waals surface area contributed by atoms with Crippen LogP contribution in [-0.2, 0) is 5.88 Å². The summed E-state index contributed by atoms with van der Waals surface area (Å²) >= 11 is 5.93. The van der Waals surface area contributed by atoms with E-state index in [1.165, 1.54) is 12.1 Å². The van der Waals surface area contributed by atoms with Gasteiger partial charge in [-0.05, 0) is 39.2 Å². The minimum absolute atomic E-state index is 0.195. The molecular formula is C13H17ClFN3. The summed E-state index contributed by atoms with van der Waals surface area (Å²) in [4.78, 5) is 6.54. The van der Waals surface area contributed by atoms with E-state index < -0.39 is 0 Å². The molecule has 0 aliphatic heterocycles. The SMILES string of the molecule is CC(CN(C)C)n1c(CCl)nc2ccc(F)cc21. The maximum absolute atomic E-state index is 13.4. The Bertz CT molecular complexity index is 550. The molecule has 2 aromatic rings. The van der Waals surface area contributed by atoms with Gasteiger partial charge in [-0.2, -0.15) is 0 Å². The minimum Gasteiger partial charge on any atom is -0.323 e. The molecule has 0 fully saturated rings. The summed E-state index contributed by atoms with van der Waals surface area (Å²) in [5, 5.41) is 0. The molecule has 5 heteroatoms. The van der Waals surface area contributed by atoms with E-state index in [0.29, 0.717) is 5.88 Å². The summed E-state index contributed by atoms with van der Waals surface area (Å²) in [7, 11) is 4.02. The molecule has 18 heavy (non-hydrogen) atoms. The quantitative estimate of drug-likeness (QED) is 0.796. The van der Waals surface area contributed by atoms with Crippen LogP contribution in [0.5, 0.6) is 0 Å². The van der Waals surface area contributed by atoms with Gasteiger partial charge in [0.25, 0.3) is 0 Å². The second-order valence-electron chi connectivity index (χ2n) is 4.78. The van der Waals surface area contributed by atoms with Gasteiger partial charge < -0.3 is 9.47 Å². The van der Waals surface area contributed by atoms with Crippen LogP contribution in [0, 0.1) is 5.82 Å². The van der Waals surface area contributed by atoms with Crippen molar-refractivity contribution in [1.29, 1.82) is 0 Å². The Balaban J connectivity index is 2.54. The van der Waals surface area contributed by atoms with Crippen LogP contribution in [-0.4, -0.2) is 35.1 Å². The van der Waals surface area contributed by atoms with Crippen LogP contribution in [0.25, 0.3) is 11.0 Å². The fourth-order valence-corrected chi connectivity index (χ4v) is 2.50. The van der Waals surface area contributed by atoms with Crippen molar-refractivity contribution in [2.45, 2.75) is 18.8 Å². The van der Waals surface area contributed by atoms with Crippen LogP contribution < -0.4 is 0 Å². The number of imidazole rings is 1. The maximum atomic E-state index is 13.4. The number of halogens is 2. The zero-order valence-corrected chi connectivity index (χ0v) is 11.6. The fraction of sp³-hybridized carbons (Fsp3) is 0.462. The molecule has 1 aromatic carbocycles. The highest BCUT2D eigenvalue weighted by atomic mass is 35.5. The van der Waals surface area contributed by atoms with Crippen molar-refractivity contribution in [3.8, 4) is 0 Å². The minimum atomic E-state index is -0.248. The van der Waals surface area contributed by atoms with E-state index >= 15 is 0 Å². The average Bonchev–Trinajstić information content (AvgIpc) is 2.65. The Morgan fingerprint density at radius 2 is 2.17 bits per heavy atom. The molecule has 0 N–H and O–H groups in total. The molecule has 0 aliphatic carbocycles. The number of alkyl halides is 1. The van der Waals surface area contributed by atoms with E-state index in [2.05, 4.69) is 16.8 Å². The van der Waals surface area contributed by atoms with Gasteiger partial charge in [0.1, 0.15) is 11.6 Å². The Morgan fingerprint density at radius 3 is 2.78 bits per heavy atom. The molecule has 0 spiro atoms. The number of benzene rings is 1. The molecule has 3 nitrogen and oxygen atoms in total. The lowest BCUT2D eigenvalue weighted by Crippen LogP contribution is -2.23. The standard InChI is InChI=1S/C13H17ClFN3/c1-9(8-17(2)3)18-12-6-10(15)4-5-11(12)16-13(18)7-14/h4-6,9H,7-8H2,1-3H3. The fourth-order valence-electron chi connectivity index (χ4n) is 2.31.